The first-order valence-electron chi connectivity index (χ1n) is 9.23. The molecule has 0 bridgehead atoms. The summed E-state index contributed by atoms with van der Waals surface area (Å²) in [5.74, 6) is 2.80. The molecule has 3 saturated carbocycles. The van der Waals surface area contributed by atoms with Gasteiger partial charge in [0.25, 0.3) is 0 Å². The van der Waals surface area contributed by atoms with Crippen LogP contribution >= 0.6 is 12.3 Å². The molecular weight excluding hydrogens is 292 g/mol. The summed E-state index contributed by atoms with van der Waals surface area (Å²) in [6, 6.07) is 0. The van der Waals surface area contributed by atoms with Crippen LogP contribution in [-0.4, -0.2) is 10.7 Å². The van der Waals surface area contributed by atoms with Crippen LogP contribution in [0.2, 0.25) is 0 Å². The average Bonchev–Trinajstić information content (AvgIpc) is 2.89. The molecule has 0 spiro atoms. The molecule has 2 nitrogen and oxygen atoms in total. The van der Waals surface area contributed by atoms with Crippen molar-refractivity contribution >= 4 is 12.3 Å². The maximum atomic E-state index is 8.97. The minimum Gasteiger partial charge on any atom is -0.307 e. The van der Waals surface area contributed by atoms with Crippen molar-refractivity contribution in [1.82, 2.24) is 0 Å². The van der Waals surface area contributed by atoms with Crippen LogP contribution < -0.4 is 0 Å². The molecule has 0 aromatic carbocycles. The molecule has 1 N–H and O–H groups in total. The fourth-order valence-electron chi connectivity index (χ4n) is 6.76. The summed E-state index contributed by atoms with van der Waals surface area (Å²) in [5, 5.41) is 0. The van der Waals surface area contributed by atoms with Crippen molar-refractivity contribution in [3.05, 3.63) is 11.6 Å². The molecule has 3 heteroatoms. The van der Waals surface area contributed by atoms with E-state index in [0.717, 1.165) is 30.6 Å². The van der Waals surface area contributed by atoms with Crippen molar-refractivity contribution in [2.24, 2.45) is 28.6 Å². The molecule has 4 rings (SSSR count). The molecule has 0 aliphatic heterocycles. The van der Waals surface area contributed by atoms with Crippen molar-refractivity contribution in [2.45, 2.75) is 77.7 Å². The van der Waals surface area contributed by atoms with Crippen molar-refractivity contribution in [3.63, 3.8) is 0 Å². The molecule has 124 valence electrons. The summed E-state index contributed by atoms with van der Waals surface area (Å²) in [7, 11) is 0. The summed E-state index contributed by atoms with van der Waals surface area (Å²) < 4.78 is 14.4. The third-order valence-electron chi connectivity index (χ3n) is 8.02. The first-order chi connectivity index (χ1) is 10.6. The Kier molecular flexibility index (Phi) is 3.90. The Morgan fingerprint density at radius 3 is 2.82 bits per heavy atom. The maximum Gasteiger partial charge on any atom is 0.155 e. The van der Waals surface area contributed by atoms with Crippen LogP contribution in [0.4, 0.5) is 0 Å². The highest BCUT2D eigenvalue weighted by molar-refractivity contribution is 7.88. The number of hydrogen-bond acceptors (Lipinski definition) is 3. The van der Waals surface area contributed by atoms with E-state index in [0.29, 0.717) is 23.2 Å². The van der Waals surface area contributed by atoms with Gasteiger partial charge in [-0.25, -0.2) is 0 Å². The molecule has 6 unspecified atom stereocenters. The normalized spacial score (nSPS) is 50.8. The topological polar surface area (TPSA) is 29.5 Å². The zero-order valence-electron chi connectivity index (χ0n) is 14.0. The fraction of sp³-hybridized carbons (Fsp3) is 0.895. The van der Waals surface area contributed by atoms with Crippen LogP contribution in [0.1, 0.15) is 71.6 Å². The van der Waals surface area contributed by atoms with Crippen LogP contribution in [0.15, 0.2) is 11.6 Å². The van der Waals surface area contributed by atoms with Crippen LogP contribution in [0.3, 0.4) is 0 Å². The van der Waals surface area contributed by atoms with Crippen molar-refractivity contribution in [1.29, 1.82) is 0 Å². The van der Waals surface area contributed by atoms with Gasteiger partial charge in [0.05, 0.1) is 6.10 Å². The Balaban J connectivity index is 1.60. The lowest BCUT2D eigenvalue weighted by Crippen LogP contribution is -2.49. The SMILES string of the molecule is CC12CCCC1C1CC=C3CC(OSO)CCC3(C)C1CC2. The Labute approximate surface area is 139 Å². The van der Waals surface area contributed by atoms with E-state index in [2.05, 4.69) is 19.9 Å². The summed E-state index contributed by atoms with van der Waals surface area (Å²) in [5.41, 5.74) is 2.70. The molecule has 0 radical (unpaired) electrons. The molecule has 22 heavy (non-hydrogen) atoms. The van der Waals surface area contributed by atoms with Crippen LogP contribution in [0.5, 0.6) is 0 Å². The predicted molar refractivity (Wildman–Crippen MR) is 91.4 cm³/mol. The van der Waals surface area contributed by atoms with E-state index in [9.17, 15) is 0 Å². The lowest BCUT2D eigenvalue weighted by atomic mass is 9.48. The minimum absolute atomic E-state index is 0.214. The highest BCUT2D eigenvalue weighted by Crippen LogP contribution is 2.64. The molecular formula is C19H30O2S. The Morgan fingerprint density at radius 1 is 1.14 bits per heavy atom. The second-order valence-electron chi connectivity index (χ2n) is 8.88. The van der Waals surface area contributed by atoms with Crippen molar-refractivity contribution < 1.29 is 8.74 Å². The molecule has 6 atom stereocenters. The van der Waals surface area contributed by atoms with Gasteiger partial charge in [-0.3, -0.25) is 4.18 Å². The van der Waals surface area contributed by atoms with Gasteiger partial charge in [0, 0.05) is 0 Å². The van der Waals surface area contributed by atoms with E-state index in [1.807, 2.05) is 0 Å². The quantitative estimate of drug-likeness (QED) is 0.511. The third kappa shape index (κ3) is 2.22. The number of rotatable bonds is 2. The van der Waals surface area contributed by atoms with E-state index in [4.69, 9.17) is 8.74 Å². The maximum absolute atomic E-state index is 8.97. The number of allylic oxidation sites excluding steroid dienone is 1. The van der Waals surface area contributed by atoms with Gasteiger partial charge in [0.1, 0.15) is 0 Å². The lowest BCUT2D eigenvalue weighted by Gasteiger charge is -2.57. The fourth-order valence-corrected chi connectivity index (χ4v) is 7.05. The second kappa shape index (κ2) is 5.53. The lowest BCUT2D eigenvalue weighted by molar-refractivity contribution is -0.0330. The first kappa shape index (κ1) is 15.5. The van der Waals surface area contributed by atoms with Gasteiger partial charge in [0.15, 0.2) is 12.3 Å². The van der Waals surface area contributed by atoms with Gasteiger partial charge in [-0.15, -0.1) is 0 Å². The summed E-state index contributed by atoms with van der Waals surface area (Å²) in [4.78, 5) is 0. The monoisotopic (exact) mass is 322 g/mol. The van der Waals surface area contributed by atoms with Crippen LogP contribution in [-0.2, 0) is 4.18 Å². The zero-order chi connectivity index (χ0) is 15.4. The molecule has 0 aromatic heterocycles. The number of hydrogen-bond donors (Lipinski definition) is 1. The highest BCUT2D eigenvalue weighted by Gasteiger charge is 2.55. The smallest absolute Gasteiger partial charge is 0.155 e. The van der Waals surface area contributed by atoms with Gasteiger partial charge < -0.3 is 4.55 Å². The van der Waals surface area contributed by atoms with Gasteiger partial charge in [-0.1, -0.05) is 31.9 Å². The molecule has 4 aliphatic carbocycles. The van der Waals surface area contributed by atoms with Crippen LogP contribution in [0, 0.1) is 28.6 Å². The standard InChI is InChI=1S/C19H30O2S/c1-18-9-3-4-16(18)15-6-5-13-12-14(21-22-20)7-11-19(13,2)17(15)8-10-18/h5,14-17,20H,3-4,6-12H2,1-2H3. The Morgan fingerprint density at radius 2 is 2.00 bits per heavy atom. The van der Waals surface area contributed by atoms with E-state index in [1.165, 1.54) is 44.9 Å². The predicted octanol–water partition coefficient (Wildman–Crippen LogP) is 5.85. The van der Waals surface area contributed by atoms with Gasteiger partial charge in [-0.2, -0.15) is 0 Å². The molecule has 0 amide bonds. The summed E-state index contributed by atoms with van der Waals surface area (Å²) in [6.45, 7) is 5.11. The van der Waals surface area contributed by atoms with Gasteiger partial charge >= 0.3 is 0 Å². The summed E-state index contributed by atoms with van der Waals surface area (Å²) >= 11 is 0.554. The third-order valence-corrected chi connectivity index (χ3v) is 8.38. The Bertz CT molecular complexity index is 476. The van der Waals surface area contributed by atoms with E-state index in [-0.39, 0.29) is 6.10 Å². The molecule has 0 aromatic rings. The zero-order valence-corrected chi connectivity index (χ0v) is 14.8. The number of fused-ring (bicyclic) bond motifs is 5. The Hall–Kier alpha value is 0.01000. The molecule has 3 fully saturated rings. The largest absolute Gasteiger partial charge is 0.307 e. The van der Waals surface area contributed by atoms with Gasteiger partial charge in [-0.05, 0) is 80.0 Å². The molecule has 0 saturated heterocycles. The molecule has 4 aliphatic rings. The van der Waals surface area contributed by atoms with E-state index >= 15 is 0 Å². The summed E-state index contributed by atoms with van der Waals surface area (Å²) in [6.07, 6.45) is 14.8. The first-order valence-corrected chi connectivity index (χ1v) is 9.93. The molecule has 0 heterocycles. The van der Waals surface area contributed by atoms with E-state index in [1.54, 1.807) is 5.57 Å². The minimum atomic E-state index is 0.214. The van der Waals surface area contributed by atoms with Gasteiger partial charge in [0.2, 0.25) is 0 Å². The van der Waals surface area contributed by atoms with E-state index < -0.39 is 0 Å². The van der Waals surface area contributed by atoms with Crippen molar-refractivity contribution in [2.75, 3.05) is 0 Å². The van der Waals surface area contributed by atoms with Crippen LogP contribution in [0.25, 0.3) is 0 Å². The van der Waals surface area contributed by atoms with Crippen molar-refractivity contribution in [3.8, 4) is 0 Å². The highest BCUT2D eigenvalue weighted by atomic mass is 32.2. The average molecular weight is 323 g/mol. The second-order valence-corrected chi connectivity index (χ2v) is 9.22.